The van der Waals surface area contributed by atoms with Crippen LogP contribution in [0.15, 0.2) is 39.2 Å². The number of furan rings is 1. The summed E-state index contributed by atoms with van der Waals surface area (Å²) in [5.41, 5.74) is 2.20. The van der Waals surface area contributed by atoms with E-state index in [4.69, 9.17) is 4.42 Å². The molecule has 2 rings (SSSR count). The summed E-state index contributed by atoms with van der Waals surface area (Å²) in [7, 11) is 0. The van der Waals surface area contributed by atoms with Gasteiger partial charge in [0.1, 0.15) is 17.6 Å². The highest BCUT2D eigenvalue weighted by molar-refractivity contribution is 9.10. The standard InChI is InChI=1S/C14H15BrO2/c1-3-12(16)14-7-6-13(17-14)11-8-10(15)5-4-9(11)2/h4-8,12,16H,3H2,1-2H3. The number of aliphatic hydroxyl groups excluding tert-OH is 1. The fraction of sp³-hybridized carbons (Fsp3) is 0.286. The zero-order valence-electron chi connectivity index (χ0n) is 9.90. The molecule has 1 unspecified atom stereocenters. The zero-order chi connectivity index (χ0) is 12.4. The Morgan fingerprint density at radius 2 is 2.06 bits per heavy atom. The SMILES string of the molecule is CCC(O)c1ccc(-c2cc(Br)ccc2C)o1. The highest BCUT2D eigenvalue weighted by atomic mass is 79.9. The maximum atomic E-state index is 9.71. The van der Waals surface area contributed by atoms with E-state index in [0.717, 1.165) is 21.4 Å². The van der Waals surface area contributed by atoms with Gasteiger partial charge < -0.3 is 9.52 Å². The highest BCUT2D eigenvalue weighted by Gasteiger charge is 2.12. The normalized spacial score (nSPS) is 12.7. The van der Waals surface area contributed by atoms with E-state index in [-0.39, 0.29) is 0 Å². The summed E-state index contributed by atoms with van der Waals surface area (Å²) >= 11 is 3.45. The molecule has 1 aromatic carbocycles. The molecule has 0 saturated carbocycles. The van der Waals surface area contributed by atoms with Crippen LogP contribution in [0.5, 0.6) is 0 Å². The Bertz CT molecular complexity index is 517. The van der Waals surface area contributed by atoms with Crippen LogP contribution in [0.1, 0.15) is 30.8 Å². The molecule has 2 nitrogen and oxygen atoms in total. The van der Waals surface area contributed by atoms with Gasteiger partial charge in [0.25, 0.3) is 0 Å². The molecule has 2 aromatic rings. The van der Waals surface area contributed by atoms with Gasteiger partial charge in [0.15, 0.2) is 0 Å². The minimum Gasteiger partial charge on any atom is -0.458 e. The molecule has 0 aliphatic carbocycles. The molecule has 3 heteroatoms. The molecule has 1 atom stereocenters. The van der Waals surface area contributed by atoms with Crippen LogP contribution in [0.3, 0.4) is 0 Å². The quantitative estimate of drug-likeness (QED) is 0.906. The first-order valence-electron chi connectivity index (χ1n) is 5.66. The number of halogens is 1. The summed E-state index contributed by atoms with van der Waals surface area (Å²) in [4.78, 5) is 0. The summed E-state index contributed by atoms with van der Waals surface area (Å²) in [6, 6.07) is 9.81. The van der Waals surface area contributed by atoms with Gasteiger partial charge in [-0.15, -0.1) is 0 Å². The second kappa shape index (κ2) is 5.07. The Morgan fingerprint density at radius 3 is 2.76 bits per heavy atom. The fourth-order valence-electron chi connectivity index (χ4n) is 1.74. The third-order valence-electron chi connectivity index (χ3n) is 2.81. The van der Waals surface area contributed by atoms with Crippen LogP contribution in [0, 0.1) is 6.92 Å². The van der Waals surface area contributed by atoms with Crippen LogP contribution < -0.4 is 0 Å². The average molecular weight is 295 g/mol. The molecule has 1 aromatic heterocycles. The minimum absolute atomic E-state index is 0.517. The number of hydrogen-bond acceptors (Lipinski definition) is 2. The largest absolute Gasteiger partial charge is 0.458 e. The lowest BCUT2D eigenvalue weighted by Gasteiger charge is -2.05. The van der Waals surface area contributed by atoms with Crippen LogP contribution in [0.2, 0.25) is 0 Å². The number of aryl methyl sites for hydroxylation is 1. The van der Waals surface area contributed by atoms with Gasteiger partial charge in [0, 0.05) is 10.0 Å². The fourth-order valence-corrected chi connectivity index (χ4v) is 2.10. The molecule has 0 bridgehead atoms. The van der Waals surface area contributed by atoms with Crippen LogP contribution in [-0.2, 0) is 0 Å². The second-order valence-electron chi connectivity index (χ2n) is 4.09. The summed E-state index contributed by atoms with van der Waals surface area (Å²) < 4.78 is 6.71. The summed E-state index contributed by atoms with van der Waals surface area (Å²) in [5, 5.41) is 9.71. The van der Waals surface area contributed by atoms with Gasteiger partial charge in [0.2, 0.25) is 0 Å². The lowest BCUT2D eigenvalue weighted by Crippen LogP contribution is -1.91. The van der Waals surface area contributed by atoms with Gasteiger partial charge in [-0.2, -0.15) is 0 Å². The maximum absolute atomic E-state index is 9.71. The van der Waals surface area contributed by atoms with Gasteiger partial charge in [0.05, 0.1) is 0 Å². The monoisotopic (exact) mass is 294 g/mol. The second-order valence-corrected chi connectivity index (χ2v) is 5.00. The Balaban J connectivity index is 2.40. The zero-order valence-corrected chi connectivity index (χ0v) is 11.5. The predicted molar refractivity (Wildman–Crippen MR) is 71.8 cm³/mol. The van der Waals surface area contributed by atoms with Crippen LogP contribution >= 0.6 is 15.9 Å². The van der Waals surface area contributed by atoms with E-state index in [1.54, 1.807) is 0 Å². The third kappa shape index (κ3) is 2.61. The lowest BCUT2D eigenvalue weighted by atomic mass is 10.1. The topological polar surface area (TPSA) is 33.4 Å². The van der Waals surface area contributed by atoms with E-state index in [2.05, 4.69) is 15.9 Å². The van der Waals surface area contributed by atoms with Crippen LogP contribution in [-0.4, -0.2) is 5.11 Å². The van der Waals surface area contributed by atoms with Gasteiger partial charge >= 0.3 is 0 Å². The minimum atomic E-state index is -0.517. The lowest BCUT2D eigenvalue weighted by molar-refractivity contribution is 0.147. The van der Waals surface area contributed by atoms with Crippen molar-refractivity contribution in [3.63, 3.8) is 0 Å². The van der Waals surface area contributed by atoms with E-state index in [1.807, 2.05) is 44.2 Å². The van der Waals surface area contributed by atoms with Crippen molar-refractivity contribution in [1.82, 2.24) is 0 Å². The van der Waals surface area contributed by atoms with Crippen molar-refractivity contribution in [2.75, 3.05) is 0 Å². The first kappa shape index (κ1) is 12.4. The first-order chi connectivity index (χ1) is 8.11. The van der Waals surface area contributed by atoms with Gasteiger partial charge in [-0.3, -0.25) is 0 Å². The van der Waals surface area contributed by atoms with E-state index < -0.39 is 6.10 Å². The van der Waals surface area contributed by atoms with Gasteiger partial charge in [-0.25, -0.2) is 0 Å². The molecular formula is C14H15BrO2. The van der Waals surface area contributed by atoms with Crippen molar-refractivity contribution in [2.45, 2.75) is 26.4 Å². The molecule has 90 valence electrons. The molecule has 0 radical (unpaired) electrons. The van der Waals surface area contributed by atoms with E-state index >= 15 is 0 Å². The number of rotatable bonds is 3. The van der Waals surface area contributed by atoms with Gasteiger partial charge in [-0.05, 0) is 43.2 Å². The maximum Gasteiger partial charge on any atom is 0.134 e. The number of benzene rings is 1. The highest BCUT2D eigenvalue weighted by Crippen LogP contribution is 2.30. The molecule has 0 aliphatic rings. The van der Waals surface area contributed by atoms with Crippen molar-refractivity contribution in [2.24, 2.45) is 0 Å². The molecule has 0 fully saturated rings. The molecule has 0 amide bonds. The van der Waals surface area contributed by atoms with Crippen LogP contribution in [0.4, 0.5) is 0 Å². The van der Waals surface area contributed by atoms with Crippen LogP contribution in [0.25, 0.3) is 11.3 Å². The smallest absolute Gasteiger partial charge is 0.134 e. The van der Waals surface area contributed by atoms with Crippen molar-refractivity contribution < 1.29 is 9.52 Å². The predicted octanol–water partition coefficient (Wildman–Crippen LogP) is 4.46. The van der Waals surface area contributed by atoms with Crippen molar-refractivity contribution >= 4 is 15.9 Å². The van der Waals surface area contributed by atoms with Crippen molar-refractivity contribution in [1.29, 1.82) is 0 Å². The molecule has 17 heavy (non-hydrogen) atoms. The Hall–Kier alpha value is -1.06. The molecular weight excluding hydrogens is 280 g/mol. The Morgan fingerprint density at radius 1 is 1.29 bits per heavy atom. The van der Waals surface area contributed by atoms with E-state index in [0.29, 0.717) is 12.2 Å². The van der Waals surface area contributed by atoms with E-state index in [9.17, 15) is 5.11 Å². The molecule has 0 saturated heterocycles. The first-order valence-corrected chi connectivity index (χ1v) is 6.45. The summed E-state index contributed by atoms with van der Waals surface area (Å²) in [6.45, 7) is 3.97. The van der Waals surface area contributed by atoms with Crippen molar-refractivity contribution in [3.05, 3.63) is 46.1 Å². The average Bonchev–Trinajstić information content (AvgIpc) is 2.80. The number of hydrogen-bond donors (Lipinski definition) is 1. The van der Waals surface area contributed by atoms with Crippen molar-refractivity contribution in [3.8, 4) is 11.3 Å². The molecule has 0 aliphatic heterocycles. The summed E-state index contributed by atoms with van der Waals surface area (Å²) in [6.07, 6.45) is 0.140. The Kier molecular flexibility index (Phi) is 3.69. The number of aliphatic hydroxyl groups is 1. The Labute approximate surface area is 109 Å². The molecule has 1 N–H and O–H groups in total. The molecule has 1 heterocycles. The third-order valence-corrected chi connectivity index (χ3v) is 3.30. The summed E-state index contributed by atoms with van der Waals surface area (Å²) in [5.74, 6) is 1.42. The van der Waals surface area contributed by atoms with Gasteiger partial charge in [-0.1, -0.05) is 28.9 Å². The van der Waals surface area contributed by atoms with E-state index in [1.165, 1.54) is 0 Å². The molecule has 0 spiro atoms.